The zero-order chi connectivity index (χ0) is 22.0. The first kappa shape index (κ1) is 21.5. The number of rotatable bonds is 7. The Labute approximate surface area is 172 Å². The molecule has 0 atom stereocenters. The van der Waals surface area contributed by atoms with Crippen LogP contribution in [0.1, 0.15) is 47.1 Å². The van der Waals surface area contributed by atoms with Crippen LogP contribution in [0.3, 0.4) is 0 Å². The van der Waals surface area contributed by atoms with Gasteiger partial charge in [-0.15, -0.1) is 0 Å². The summed E-state index contributed by atoms with van der Waals surface area (Å²) < 4.78 is 40.2. The smallest absolute Gasteiger partial charge is 0.387 e. The van der Waals surface area contributed by atoms with Crippen LogP contribution < -0.4 is 9.47 Å². The lowest BCUT2D eigenvalue weighted by atomic mass is 10.0. The van der Waals surface area contributed by atoms with Crippen molar-refractivity contribution in [1.29, 1.82) is 0 Å². The molecule has 1 amide bonds. The normalized spacial score (nSPS) is 11.4. The lowest BCUT2D eigenvalue weighted by Crippen LogP contribution is -2.26. The van der Waals surface area contributed by atoms with Crippen molar-refractivity contribution in [1.82, 2.24) is 15.0 Å². The number of hydrogen-bond donors (Lipinski definition) is 0. The van der Waals surface area contributed by atoms with E-state index in [4.69, 9.17) is 9.26 Å². The Balaban J connectivity index is 1.92. The van der Waals surface area contributed by atoms with Gasteiger partial charge in [0.05, 0.1) is 23.8 Å². The van der Waals surface area contributed by atoms with Gasteiger partial charge in [-0.25, -0.2) is 4.98 Å². The third-order valence-corrected chi connectivity index (χ3v) is 4.67. The number of methoxy groups -OCH3 is 1. The number of aromatic nitrogens is 2. The molecule has 0 unspecified atom stereocenters. The molecule has 160 valence electrons. The summed E-state index contributed by atoms with van der Waals surface area (Å²) in [5.41, 5.74) is 2.64. The molecule has 0 spiro atoms. The van der Waals surface area contributed by atoms with Gasteiger partial charge in [-0.05, 0) is 36.6 Å². The maximum Gasteiger partial charge on any atom is 0.387 e. The Morgan fingerprint density at radius 1 is 1.23 bits per heavy atom. The molecule has 9 heteroatoms. The fourth-order valence-electron chi connectivity index (χ4n) is 3.14. The second kappa shape index (κ2) is 8.64. The number of benzene rings is 1. The summed E-state index contributed by atoms with van der Waals surface area (Å²) in [5, 5.41) is 4.49. The fourth-order valence-corrected chi connectivity index (χ4v) is 3.14. The van der Waals surface area contributed by atoms with E-state index in [2.05, 4.69) is 14.9 Å². The van der Waals surface area contributed by atoms with E-state index >= 15 is 0 Å². The van der Waals surface area contributed by atoms with E-state index in [1.54, 1.807) is 26.1 Å². The highest BCUT2D eigenvalue weighted by molar-refractivity contribution is 6.05. The number of halogens is 2. The Morgan fingerprint density at radius 2 is 1.97 bits per heavy atom. The van der Waals surface area contributed by atoms with Gasteiger partial charge in [-0.3, -0.25) is 4.79 Å². The molecule has 3 rings (SSSR count). The van der Waals surface area contributed by atoms with Gasteiger partial charge in [0.2, 0.25) is 0 Å². The van der Waals surface area contributed by atoms with Gasteiger partial charge < -0.3 is 18.9 Å². The number of carbonyl (C=O) groups is 1. The van der Waals surface area contributed by atoms with E-state index in [9.17, 15) is 13.6 Å². The van der Waals surface area contributed by atoms with Crippen LogP contribution in [0.2, 0.25) is 0 Å². The molecule has 0 aliphatic carbocycles. The average Bonchev–Trinajstić information content (AvgIpc) is 3.07. The average molecular weight is 419 g/mol. The van der Waals surface area contributed by atoms with Crippen LogP contribution in [-0.4, -0.2) is 41.7 Å². The number of hydrogen-bond acceptors (Lipinski definition) is 6. The van der Waals surface area contributed by atoms with Crippen molar-refractivity contribution in [2.45, 2.75) is 39.8 Å². The van der Waals surface area contributed by atoms with Crippen molar-refractivity contribution in [2.24, 2.45) is 0 Å². The van der Waals surface area contributed by atoms with Crippen molar-refractivity contribution in [3.63, 3.8) is 0 Å². The van der Waals surface area contributed by atoms with Gasteiger partial charge in [0, 0.05) is 19.3 Å². The second-order valence-corrected chi connectivity index (χ2v) is 7.22. The van der Waals surface area contributed by atoms with Crippen LogP contribution in [0.25, 0.3) is 11.1 Å². The van der Waals surface area contributed by atoms with Crippen LogP contribution in [0.4, 0.5) is 8.78 Å². The van der Waals surface area contributed by atoms with Crippen molar-refractivity contribution in [3.8, 4) is 11.5 Å². The van der Waals surface area contributed by atoms with Crippen molar-refractivity contribution >= 4 is 17.0 Å². The summed E-state index contributed by atoms with van der Waals surface area (Å²) in [5.74, 6) is -0.0743. The van der Waals surface area contributed by atoms with E-state index in [0.717, 1.165) is 0 Å². The first-order valence-corrected chi connectivity index (χ1v) is 9.35. The lowest BCUT2D eigenvalue weighted by Gasteiger charge is -2.19. The molecule has 0 radical (unpaired) electrons. The Bertz CT molecular complexity index is 1070. The van der Waals surface area contributed by atoms with Crippen LogP contribution in [0.5, 0.6) is 11.5 Å². The van der Waals surface area contributed by atoms with Crippen LogP contribution in [0, 0.1) is 6.92 Å². The first-order chi connectivity index (χ1) is 14.2. The van der Waals surface area contributed by atoms with Gasteiger partial charge in [0.25, 0.3) is 11.6 Å². The Morgan fingerprint density at radius 3 is 2.60 bits per heavy atom. The van der Waals surface area contributed by atoms with Gasteiger partial charge in [-0.2, -0.15) is 8.78 Å². The highest BCUT2D eigenvalue weighted by Gasteiger charge is 2.22. The molecule has 0 aliphatic rings. The monoisotopic (exact) mass is 419 g/mol. The van der Waals surface area contributed by atoms with Crippen LogP contribution in [0.15, 0.2) is 28.8 Å². The largest absolute Gasteiger partial charge is 0.493 e. The number of aryl methyl sites for hydroxylation is 1. The van der Waals surface area contributed by atoms with Crippen molar-refractivity contribution in [2.75, 3.05) is 14.2 Å². The molecule has 0 fully saturated rings. The predicted molar refractivity (Wildman–Crippen MR) is 106 cm³/mol. The van der Waals surface area contributed by atoms with E-state index < -0.39 is 6.61 Å². The maximum atomic E-state index is 13.2. The second-order valence-electron chi connectivity index (χ2n) is 7.22. The Hall–Kier alpha value is -3.23. The summed E-state index contributed by atoms with van der Waals surface area (Å²) in [6.07, 6.45) is 0. The van der Waals surface area contributed by atoms with Crippen LogP contribution >= 0.6 is 0 Å². The highest BCUT2D eigenvalue weighted by atomic mass is 19.3. The zero-order valence-electron chi connectivity index (χ0n) is 17.4. The molecule has 0 saturated heterocycles. The molecule has 2 heterocycles. The molecule has 7 nitrogen and oxygen atoms in total. The minimum atomic E-state index is -2.98. The molecular formula is C21H23F2N3O4. The zero-order valence-corrected chi connectivity index (χ0v) is 17.4. The fraction of sp³-hybridized carbons (Fsp3) is 0.381. The van der Waals surface area contributed by atoms with Gasteiger partial charge in [0.15, 0.2) is 11.5 Å². The number of ether oxygens (including phenoxy) is 2. The summed E-state index contributed by atoms with van der Waals surface area (Å²) in [6, 6.07) is 6.39. The molecule has 1 aromatic carbocycles. The minimum Gasteiger partial charge on any atom is -0.493 e. The van der Waals surface area contributed by atoms with Crippen molar-refractivity contribution < 1.29 is 27.6 Å². The van der Waals surface area contributed by atoms with E-state index in [-0.39, 0.29) is 29.9 Å². The molecule has 0 aliphatic heterocycles. The summed E-state index contributed by atoms with van der Waals surface area (Å²) in [6.45, 7) is 2.88. The SMILES string of the molecule is COc1ccc(CN(C)C(=O)c2cc(C(C)C)nc3onc(C)c23)cc1OC(F)F. The minimum absolute atomic E-state index is 0.0888. The summed E-state index contributed by atoms with van der Waals surface area (Å²) in [7, 11) is 3.00. The van der Waals surface area contributed by atoms with Gasteiger partial charge in [0.1, 0.15) is 0 Å². The molecule has 0 saturated carbocycles. The molecule has 0 N–H and O–H groups in total. The van der Waals surface area contributed by atoms with Gasteiger partial charge in [-0.1, -0.05) is 25.1 Å². The molecule has 3 aromatic rings. The number of carbonyl (C=O) groups excluding carboxylic acids is 1. The third-order valence-electron chi connectivity index (χ3n) is 4.67. The molecule has 30 heavy (non-hydrogen) atoms. The third kappa shape index (κ3) is 4.34. The highest BCUT2D eigenvalue weighted by Crippen LogP contribution is 2.31. The standard InChI is InChI=1S/C21H23F2N3O4/c1-11(2)15-9-14(18-12(3)25-30-19(18)24-15)20(27)26(4)10-13-6-7-16(28-5)17(8-13)29-21(22)23/h6-9,11,21H,10H2,1-5H3. The summed E-state index contributed by atoms with van der Waals surface area (Å²) >= 11 is 0. The predicted octanol–water partition coefficient (Wildman–Crippen LogP) is 4.54. The molecule has 0 bridgehead atoms. The number of alkyl halides is 2. The van der Waals surface area contributed by atoms with Crippen molar-refractivity contribution in [3.05, 3.63) is 46.8 Å². The van der Waals surface area contributed by atoms with E-state index in [1.807, 2.05) is 13.8 Å². The van der Waals surface area contributed by atoms with Gasteiger partial charge >= 0.3 is 6.61 Å². The molecule has 2 aromatic heterocycles. The van der Waals surface area contributed by atoms with Crippen LogP contribution in [-0.2, 0) is 6.54 Å². The lowest BCUT2D eigenvalue weighted by molar-refractivity contribution is -0.0512. The topological polar surface area (TPSA) is 77.7 Å². The quantitative estimate of drug-likeness (QED) is 0.560. The number of pyridine rings is 1. The Kier molecular flexibility index (Phi) is 6.19. The first-order valence-electron chi connectivity index (χ1n) is 9.35. The number of nitrogens with zero attached hydrogens (tertiary/aromatic N) is 3. The number of amides is 1. The summed E-state index contributed by atoms with van der Waals surface area (Å²) in [4.78, 5) is 19.2. The maximum absolute atomic E-state index is 13.2. The molecular weight excluding hydrogens is 396 g/mol. The number of fused-ring (bicyclic) bond motifs is 1. The van der Waals surface area contributed by atoms with E-state index in [1.165, 1.54) is 24.1 Å². The van der Waals surface area contributed by atoms with E-state index in [0.29, 0.717) is 33.6 Å².